The zero-order chi connectivity index (χ0) is 22.0. The molecule has 0 fully saturated rings. The number of thiazole rings is 1. The van der Waals surface area contributed by atoms with Crippen LogP contribution in [-0.4, -0.2) is 26.3 Å². The normalized spacial score (nSPS) is 11.1. The Hall–Kier alpha value is -3.52. The van der Waals surface area contributed by atoms with Crippen molar-refractivity contribution in [2.24, 2.45) is 13.0 Å². The number of hydrogen-bond acceptors (Lipinski definition) is 5. The van der Waals surface area contributed by atoms with Crippen LogP contribution in [0, 0.1) is 5.92 Å². The lowest BCUT2D eigenvalue weighted by molar-refractivity contribution is -0.119. The Balaban J connectivity index is 1.40. The lowest BCUT2D eigenvalue weighted by Gasteiger charge is -2.07. The number of nitrogens with zero attached hydrogens (tertiary/aromatic N) is 3. The number of anilines is 2. The Morgan fingerprint density at radius 1 is 1.03 bits per heavy atom. The van der Waals surface area contributed by atoms with Gasteiger partial charge in [-0.15, -0.1) is 11.3 Å². The summed E-state index contributed by atoms with van der Waals surface area (Å²) in [6.07, 6.45) is 0.139. The van der Waals surface area contributed by atoms with Gasteiger partial charge in [-0.1, -0.05) is 26.0 Å². The van der Waals surface area contributed by atoms with Gasteiger partial charge in [-0.25, -0.2) is 9.97 Å². The number of imidazole rings is 1. The predicted octanol–water partition coefficient (Wildman–Crippen LogP) is 4.47. The van der Waals surface area contributed by atoms with E-state index in [2.05, 4.69) is 20.2 Å². The van der Waals surface area contributed by atoms with Gasteiger partial charge in [-0.2, -0.15) is 0 Å². The topological polar surface area (TPSA) is 88.9 Å². The van der Waals surface area contributed by atoms with E-state index in [-0.39, 0.29) is 24.2 Å². The SMILES string of the molecule is CC(C)C(=O)Nc1nc(CC(=O)Nc2ccc(-c3nc4ccccc4n3C)cc2)cs1. The Labute approximate surface area is 184 Å². The van der Waals surface area contributed by atoms with Crippen LogP contribution in [0.15, 0.2) is 53.9 Å². The van der Waals surface area contributed by atoms with E-state index in [1.807, 2.05) is 69.4 Å². The third kappa shape index (κ3) is 4.64. The van der Waals surface area contributed by atoms with Crippen molar-refractivity contribution in [2.45, 2.75) is 20.3 Å². The van der Waals surface area contributed by atoms with Gasteiger partial charge in [0.15, 0.2) is 5.13 Å². The van der Waals surface area contributed by atoms with Crippen LogP contribution in [-0.2, 0) is 23.1 Å². The molecule has 0 unspecified atom stereocenters. The number of rotatable bonds is 6. The Bertz CT molecular complexity index is 1240. The van der Waals surface area contributed by atoms with Gasteiger partial charge in [0, 0.05) is 29.6 Å². The summed E-state index contributed by atoms with van der Waals surface area (Å²) in [5, 5.41) is 7.93. The molecule has 158 valence electrons. The molecule has 4 aromatic rings. The number of carbonyl (C=O) groups excluding carboxylic acids is 2. The first-order valence-corrected chi connectivity index (χ1v) is 10.9. The van der Waals surface area contributed by atoms with Crippen LogP contribution in [0.25, 0.3) is 22.4 Å². The molecule has 7 nitrogen and oxygen atoms in total. The van der Waals surface area contributed by atoms with Crippen molar-refractivity contribution in [3.8, 4) is 11.4 Å². The molecule has 0 aliphatic carbocycles. The van der Waals surface area contributed by atoms with E-state index in [0.717, 1.165) is 22.4 Å². The van der Waals surface area contributed by atoms with E-state index in [1.165, 1.54) is 11.3 Å². The lowest BCUT2D eigenvalue weighted by atomic mass is 10.2. The molecular weight excluding hydrogens is 410 g/mol. The highest BCUT2D eigenvalue weighted by Gasteiger charge is 2.13. The highest BCUT2D eigenvalue weighted by molar-refractivity contribution is 7.13. The van der Waals surface area contributed by atoms with Crippen molar-refractivity contribution in [2.75, 3.05) is 10.6 Å². The van der Waals surface area contributed by atoms with Gasteiger partial charge in [0.1, 0.15) is 5.82 Å². The van der Waals surface area contributed by atoms with Gasteiger partial charge >= 0.3 is 0 Å². The van der Waals surface area contributed by atoms with Crippen LogP contribution < -0.4 is 10.6 Å². The minimum Gasteiger partial charge on any atom is -0.327 e. The fraction of sp³-hybridized carbons (Fsp3) is 0.217. The maximum atomic E-state index is 12.4. The molecule has 8 heteroatoms. The molecule has 2 aromatic heterocycles. The number of carbonyl (C=O) groups is 2. The zero-order valence-electron chi connectivity index (χ0n) is 17.5. The molecule has 2 amide bonds. The fourth-order valence-corrected chi connectivity index (χ4v) is 3.88. The third-order valence-corrected chi connectivity index (χ3v) is 5.67. The third-order valence-electron chi connectivity index (χ3n) is 4.86. The zero-order valence-corrected chi connectivity index (χ0v) is 18.4. The highest BCUT2D eigenvalue weighted by Crippen LogP contribution is 2.25. The summed E-state index contributed by atoms with van der Waals surface area (Å²) in [7, 11) is 1.99. The summed E-state index contributed by atoms with van der Waals surface area (Å²) >= 11 is 1.31. The average Bonchev–Trinajstić information content (AvgIpc) is 3.32. The van der Waals surface area contributed by atoms with Gasteiger partial charge in [0.25, 0.3) is 0 Å². The van der Waals surface area contributed by atoms with Crippen molar-refractivity contribution in [1.29, 1.82) is 0 Å². The number of fused-ring (bicyclic) bond motifs is 1. The molecule has 31 heavy (non-hydrogen) atoms. The molecule has 2 N–H and O–H groups in total. The maximum Gasteiger partial charge on any atom is 0.230 e. The van der Waals surface area contributed by atoms with Crippen molar-refractivity contribution < 1.29 is 9.59 Å². The number of aryl methyl sites for hydroxylation is 1. The van der Waals surface area contributed by atoms with Gasteiger partial charge in [0.05, 0.1) is 23.1 Å². The van der Waals surface area contributed by atoms with Crippen LogP contribution in [0.2, 0.25) is 0 Å². The second-order valence-corrected chi connectivity index (χ2v) is 8.43. The molecule has 2 aromatic carbocycles. The molecular formula is C23H23N5O2S. The second-order valence-electron chi connectivity index (χ2n) is 7.57. The number of para-hydroxylation sites is 2. The van der Waals surface area contributed by atoms with E-state index in [1.54, 1.807) is 5.38 Å². The molecule has 0 saturated heterocycles. The average molecular weight is 434 g/mol. The standard InChI is InChI=1S/C23H23N5O2S/c1-14(2)22(30)27-23-25-17(13-31-23)12-20(29)24-16-10-8-15(9-11-16)21-26-18-6-4-5-7-19(18)28(21)3/h4-11,13-14H,12H2,1-3H3,(H,24,29)(H,25,27,30). The van der Waals surface area contributed by atoms with Crippen LogP contribution in [0.3, 0.4) is 0 Å². The number of benzene rings is 2. The minimum atomic E-state index is -0.164. The smallest absolute Gasteiger partial charge is 0.230 e. The molecule has 0 aliphatic heterocycles. The summed E-state index contributed by atoms with van der Waals surface area (Å²) in [5.74, 6) is 0.494. The van der Waals surface area contributed by atoms with Crippen molar-refractivity contribution in [1.82, 2.24) is 14.5 Å². The summed E-state index contributed by atoms with van der Waals surface area (Å²) in [6, 6.07) is 15.6. The van der Waals surface area contributed by atoms with Crippen LogP contribution in [0.5, 0.6) is 0 Å². The molecule has 2 heterocycles. The van der Waals surface area contributed by atoms with Gasteiger partial charge in [-0.3, -0.25) is 9.59 Å². The summed E-state index contributed by atoms with van der Waals surface area (Å²) in [4.78, 5) is 33.2. The number of nitrogens with one attached hydrogen (secondary N) is 2. The lowest BCUT2D eigenvalue weighted by Crippen LogP contribution is -2.18. The first-order valence-electron chi connectivity index (χ1n) is 9.97. The summed E-state index contributed by atoms with van der Waals surface area (Å²) in [5.41, 5.74) is 4.32. The van der Waals surface area contributed by atoms with Gasteiger partial charge in [0.2, 0.25) is 11.8 Å². The van der Waals surface area contributed by atoms with Crippen molar-refractivity contribution >= 4 is 45.0 Å². The molecule has 0 bridgehead atoms. The van der Waals surface area contributed by atoms with E-state index >= 15 is 0 Å². The number of aromatic nitrogens is 3. The Kier molecular flexibility index (Phi) is 5.81. The van der Waals surface area contributed by atoms with Crippen molar-refractivity contribution in [3.05, 3.63) is 59.6 Å². The minimum absolute atomic E-state index is 0.0916. The molecule has 4 rings (SSSR count). The quantitative estimate of drug-likeness (QED) is 0.469. The molecule has 0 aliphatic rings. The van der Waals surface area contributed by atoms with Crippen molar-refractivity contribution in [3.63, 3.8) is 0 Å². The fourth-order valence-electron chi connectivity index (χ4n) is 3.17. The molecule has 0 radical (unpaired) electrons. The Morgan fingerprint density at radius 2 is 1.77 bits per heavy atom. The highest BCUT2D eigenvalue weighted by atomic mass is 32.1. The molecule has 0 spiro atoms. The van der Waals surface area contributed by atoms with E-state index in [9.17, 15) is 9.59 Å². The molecule has 0 saturated carbocycles. The predicted molar refractivity (Wildman–Crippen MR) is 124 cm³/mol. The summed E-state index contributed by atoms with van der Waals surface area (Å²) < 4.78 is 2.06. The maximum absolute atomic E-state index is 12.4. The Morgan fingerprint density at radius 3 is 2.48 bits per heavy atom. The van der Waals surface area contributed by atoms with Crippen LogP contribution >= 0.6 is 11.3 Å². The van der Waals surface area contributed by atoms with Gasteiger partial charge < -0.3 is 15.2 Å². The summed E-state index contributed by atoms with van der Waals surface area (Å²) in [6.45, 7) is 3.64. The van der Waals surface area contributed by atoms with E-state index in [4.69, 9.17) is 4.98 Å². The first kappa shape index (κ1) is 20.7. The molecule has 0 atom stereocenters. The largest absolute Gasteiger partial charge is 0.327 e. The van der Waals surface area contributed by atoms with E-state index < -0.39 is 0 Å². The monoisotopic (exact) mass is 433 g/mol. The first-order chi connectivity index (χ1) is 14.9. The number of hydrogen-bond donors (Lipinski definition) is 2. The number of amides is 2. The van der Waals surface area contributed by atoms with Crippen LogP contribution in [0.1, 0.15) is 19.5 Å². The van der Waals surface area contributed by atoms with Crippen LogP contribution in [0.4, 0.5) is 10.8 Å². The second kappa shape index (κ2) is 8.69. The van der Waals surface area contributed by atoms with E-state index in [0.29, 0.717) is 16.5 Å². The van der Waals surface area contributed by atoms with Gasteiger partial charge in [-0.05, 0) is 36.4 Å².